The van der Waals surface area contributed by atoms with Gasteiger partial charge in [0.15, 0.2) is 0 Å². The Bertz CT molecular complexity index is 626. The van der Waals surface area contributed by atoms with E-state index in [0.29, 0.717) is 5.69 Å². The standard InChI is InChI=1S/C8H8ClN5O2/c1-13-2-5(11-12-13)3-14-4-6(9)7(15)10-8(14)16/h2,4H,3H2,1H3,(H,10,15,16). The van der Waals surface area contributed by atoms with Crippen molar-refractivity contribution < 1.29 is 0 Å². The number of rotatable bonds is 2. The number of aromatic nitrogens is 5. The molecule has 0 aliphatic rings. The van der Waals surface area contributed by atoms with Gasteiger partial charge in [0, 0.05) is 19.4 Å². The Morgan fingerprint density at radius 3 is 2.81 bits per heavy atom. The Morgan fingerprint density at radius 2 is 2.19 bits per heavy atom. The average Bonchev–Trinajstić information content (AvgIpc) is 2.60. The Morgan fingerprint density at radius 1 is 1.44 bits per heavy atom. The number of hydrogen-bond donors (Lipinski definition) is 1. The fraction of sp³-hybridized carbons (Fsp3) is 0.250. The van der Waals surface area contributed by atoms with E-state index < -0.39 is 11.2 Å². The lowest BCUT2D eigenvalue weighted by Crippen LogP contribution is -2.30. The van der Waals surface area contributed by atoms with E-state index in [1.54, 1.807) is 13.2 Å². The van der Waals surface area contributed by atoms with Crippen LogP contribution in [-0.4, -0.2) is 24.5 Å². The van der Waals surface area contributed by atoms with Crippen LogP contribution in [0.25, 0.3) is 0 Å². The van der Waals surface area contributed by atoms with E-state index in [4.69, 9.17) is 11.6 Å². The molecule has 0 radical (unpaired) electrons. The van der Waals surface area contributed by atoms with E-state index in [9.17, 15) is 9.59 Å². The first-order valence-electron chi connectivity index (χ1n) is 4.41. The Kier molecular flexibility index (Phi) is 2.61. The van der Waals surface area contributed by atoms with Crippen LogP contribution in [0.1, 0.15) is 5.69 Å². The molecule has 0 saturated heterocycles. The Balaban J connectivity index is 2.39. The second-order valence-electron chi connectivity index (χ2n) is 3.25. The van der Waals surface area contributed by atoms with E-state index >= 15 is 0 Å². The third kappa shape index (κ3) is 2.03. The molecular weight excluding hydrogens is 234 g/mol. The van der Waals surface area contributed by atoms with Crippen molar-refractivity contribution in [1.82, 2.24) is 24.5 Å². The number of hydrogen-bond acceptors (Lipinski definition) is 4. The molecule has 0 spiro atoms. The molecule has 0 unspecified atom stereocenters. The predicted octanol–water partition coefficient (Wildman–Crippen LogP) is -0.633. The van der Waals surface area contributed by atoms with Gasteiger partial charge in [0.2, 0.25) is 0 Å². The van der Waals surface area contributed by atoms with Crippen molar-refractivity contribution in [3.8, 4) is 0 Å². The molecule has 0 aliphatic heterocycles. The van der Waals surface area contributed by atoms with Crippen LogP contribution in [0.2, 0.25) is 5.02 Å². The highest BCUT2D eigenvalue weighted by atomic mass is 35.5. The number of aromatic amines is 1. The first-order chi connectivity index (χ1) is 7.56. The number of aryl methyl sites for hydroxylation is 1. The number of halogens is 1. The molecule has 16 heavy (non-hydrogen) atoms. The molecule has 0 saturated carbocycles. The van der Waals surface area contributed by atoms with Crippen molar-refractivity contribution in [2.45, 2.75) is 6.54 Å². The first kappa shape index (κ1) is 10.6. The fourth-order valence-corrected chi connectivity index (χ4v) is 1.41. The zero-order valence-corrected chi connectivity index (χ0v) is 9.10. The summed E-state index contributed by atoms with van der Waals surface area (Å²) in [7, 11) is 1.72. The second-order valence-corrected chi connectivity index (χ2v) is 3.65. The Labute approximate surface area is 94.3 Å². The van der Waals surface area contributed by atoms with E-state index in [1.807, 2.05) is 0 Å². The highest BCUT2D eigenvalue weighted by Crippen LogP contribution is 1.99. The van der Waals surface area contributed by atoms with Crippen LogP contribution in [0.3, 0.4) is 0 Å². The highest BCUT2D eigenvalue weighted by Gasteiger charge is 2.05. The predicted molar refractivity (Wildman–Crippen MR) is 56.4 cm³/mol. The molecule has 1 N–H and O–H groups in total. The molecule has 2 aromatic heterocycles. The van der Waals surface area contributed by atoms with Crippen molar-refractivity contribution in [2.24, 2.45) is 7.05 Å². The topological polar surface area (TPSA) is 85.6 Å². The third-order valence-electron chi connectivity index (χ3n) is 1.95. The molecule has 0 atom stereocenters. The molecular formula is C8H8ClN5O2. The van der Waals surface area contributed by atoms with E-state index in [2.05, 4.69) is 15.3 Å². The monoisotopic (exact) mass is 241 g/mol. The van der Waals surface area contributed by atoms with Crippen molar-refractivity contribution in [2.75, 3.05) is 0 Å². The minimum Gasteiger partial charge on any atom is -0.293 e. The molecule has 8 heteroatoms. The van der Waals surface area contributed by atoms with Crippen molar-refractivity contribution in [1.29, 1.82) is 0 Å². The summed E-state index contributed by atoms with van der Waals surface area (Å²) in [6.45, 7) is 0.211. The van der Waals surface area contributed by atoms with Gasteiger partial charge in [-0.2, -0.15) is 0 Å². The van der Waals surface area contributed by atoms with Crippen LogP contribution in [0.4, 0.5) is 0 Å². The summed E-state index contributed by atoms with van der Waals surface area (Å²) in [6.07, 6.45) is 2.95. The van der Waals surface area contributed by atoms with Gasteiger partial charge in [-0.25, -0.2) is 4.79 Å². The number of H-pyrrole nitrogens is 1. The quantitative estimate of drug-likeness (QED) is 0.758. The molecule has 84 valence electrons. The highest BCUT2D eigenvalue weighted by molar-refractivity contribution is 6.30. The van der Waals surface area contributed by atoms with Gasteiger partial charge >= 0.3 is 5.69 Å². The van der Waals surface area contributed by atoms with Gasteiger partial charge in [0.05, 0.1) is 6.54 Å². The summed E-state index contributed by atoms with van der Waals surface area (Å²) in [5.41, 5.74) is -0.519. The number of nitrogens with one attached hydrogen (secondary N) is 1. The van der Waals surface area contributed by atoms with Crippen LogP contribution in [0.5, 0.6) is 0 Å². The minimum atomic E-state index is -0.595. The van der Waals surface area contributed by atoms with E-state index in [1.165, 1.54) is 15.4 Å². The maximum absolute atomic E-state index is 11.4. The van der Waals surface area contributed by atoms with Crippen LogP contribution in [0, 0.1) is 0 Å². The molecule has 2 rings (SSSR count). The largest absolute Gasteiger partial charge is 0.328 e. The average molecular weight is 242 g/mol. The van der Waals surface area contributed by atoms with Crippen LogP contribution in [0.15, 0.2) is 22.0 Å². The lowest BCUT2D eigenvalue weighted by molar-refractivity contribution is 0.693. The lowest BCUT2D eigenvalue weighted by Gasteiger charge is -2.01. The summed E-state index contributed by atoms with van der Waals surface area (Å²) in [4.78, 5) is 24.5. The summed E-state index contributed by atoms with van der Waals surface area (Å²) in [5, 5.41) is 7.51. The van der Waals surface area contributed by atoms with Crippen molar-refractivity contribution in [3.05, 3.63) is 43.9 Å². The van der Waals surface area contributed by atoms with Gasteiger partial charge in [0.25, 0.3) is 5.56 Å². The molecule has 0 aromatic carbocycles. The van der Waals surface area contributed by atoms with Gasteiger partial charge in [-0.1, -0.05) is 16.8 Å². The summed E-state index contributed by atoms with van der Waals surface area (Å²) >= 11 is 5.61. The summed E-state index contributed by atoms with van der Waals surface area (Å²) in [5.74, 6) is 0. The van der Waals surface area contributed by atoms with E-state index in [-0.39, 0.29) is 11.6 Å². The molecule has 0 fully saturated rings. The molecule has 0 amide bonds. The lowest BCUT2D eigenvalue weighted by atomic mass is 10.4. The number of nitrogens with zero attached hydrogens (tertiary/aromatic N) is 4. The SMILES string of the molecule is Cn1cc(Cn2cc(Cl)c(=O)[nH]c2=O)nn1. The summed E-state index contributed by atoms with van der Waals surface area (Å²) < 4.78 is 2.78. The fourth-order valence-electron chi connectivity index (χ4n) is 1.24. The molecule has 2 heterocycles. The van der Waals surface area contributed by atoms with Gasteiger partial charge in [0.1, 0.15) is 10.7 Å². The van der Waals surface area contributed by atoms with Gasteiger partial charge in [-0.3, -0.25) is 19.0 Å². The molecule has 2 aromatic rings. The molecule has 0 aliphatic carbocycles. The third-order valence-corrected chi connectivity index (χ3v) is 2.22. The van der Waals surface area contributed by atoms with Crippen LogP contribution >= 0.6 is 11.6 Å². The maximum atomic E-state index is 11.4. The van der Waals surface area contributed by atoms with Gasteiger partial charge < -0.3 is 0 Å². The second kappa shape index (κ2) is 3.93. The zero-order chi connectivity index (χ0) is 11.7. The maximum Gasteiger partial charge on any atom is 0.328 e. The zero-order valence-electron chi connectivity index (χ0n) is 8.35. The smallest absolute Gasteiger partial charge is 0.293 e. The van der Waals surface area contributed by atoms with Crippen molar-refractivity contribution >= 4 is 11.6 Å². The van der Waals surface area contributed by atoms with Crippen molar-refractivity contribution in [3.63, 3.8) is 0 Å². The van der Waals surface area contributed by atoms with Gasteiger partial charge in [-0.05, 0) is 0 Å². The van der Waals surface area contributed by atoms with Gasteiger partial charge in [-0.15, -0.1) is 5.10 Å². The summed E-state index contributed by atoms with van der Waals surface area (Å²) in [6, 6.07) is 0. The molecule has 7 nitrogen and oxygen atoms in total. The van der Waals surface area contributed by atoms with E-state index in [0.717, 1.165) is 0 Å². The van der Waals surface area contributed by atoms with Crippen LogP contribution < -0.4 is 11.2 Å². The first-order valence-corrected chi connectivity index (χ1v) is 4.78. The van der Waals surface area contributed by atoms with Crippen LogP contribution in [-0.2, 0) is 13.6 Å². The minimum absolute atomic E-state index is 0.0384. The Hall–Kier alpha value is -1.89. The normalized spacial score (nSPS) is 10.6. The molecule has 0 bridgehead atoms.